The quantitative estimate of drug-likeness (QED) is 0.891. The Kier molecular flexibility index (Phi) is 4.00. The van der Waals surface area contributed by atoms with Crippen LogP contribution >= 0.6 is 0 Å². The third-order valence-electron chi connectivity index (χ3n) is 4.40. The van der Waals surface area contributed by atoms with Crippen LogP contribution in [0.4, 0.5) is 0 Å². The molecule has 0 saturated heterocycles. The molecule has 22 heavy (non-hydrogen) atoms. The number of nitrogens with zero attached hydrogens (tertiary/aromatic N) is 4. The van der Waals surface area contributed by atoms with E-state index in [-0.39, 0.29) is 5.91 Å². The molecular weight excluding hydrogens is 278 g/mol. The van der Waals surface area contributed by atoms with Crippen LogP contribution < -0.4 is 5.32 Å². The summed E-state index contributed by atoms with van der Waals surface area (Å²) in [6, 6.07) is 0.328. The van der Waals surface area contributed by atoms with Gasteiger partial charge in [-0.05, 0) is 26.2 Å². The van der Waals surface area contributed by atoms with Gasteiger partial charge in [0.1, 0.15) is 0 Å². The molecule has 1 saturated carbocycles. The fraction of sp³-hybridized carbons (Fsp3) is 0.562. The number of hydrogen-bond donors (Lipinski definition) is 1. The Bertz CT molecular complexity index is 668. The highest BCUT2D eigenvalue weighted by molar-refractivity contribution is 5.95. The molecule has 1 N–H and O–H groups in total. The maximum Gasteiger partial charge on any atom is 0.255 e. The van der Waals surface area contributed by atoms with Gasteiger partial charge in [-0.15, -0.1) is 0 Å². The molecule has 2 heterocycles. The van der Waals surface area contributed by atoms with Crippen LogP contribution in [0.2, 0.25) is 0 Å². The molecule has 0 spiro atoms. The van der Waals surface area contributed by atoms with E-state index in [0.29, 0.717) is 18.5 Å². The molecule has 0 aromatic carbocycles. The van der Waals surface area contributed by atoms with Gasteiger partial charge in [0, 0.05) is 25.2 Å². The number of aryl methyl sites for hydroxylation is 1. The summed E-state index contributed by atoms with van der Waals surface area (Å²) in [6.07, 6.45) is 8.55. The number of nitrogens with one attached hydrogen (secondary N) is 1. The zero-order valence-electron chi connectivity index (χ0n) is 13.4. The molecule has 1 atom stereocenters. The molecule has 3 rings (SSSR count). The van der Waals surface area contributed by atoms with Crippen molar-refractivity contribution in [2.45, 2.75) is 51.6 Å². The van der Waals surface area contributed by atoms with Gasteiger partial charge in [-0.3, -0.25) is 9.48 Å². The van der Waals surface area contributed by atoms with Gasteiger partial charge >= 0.3 is 0 Å². The molecule has 1 unspecified atom stereocenters. The summed E-state index contributed by atoms with van der Waals surface area (Å²) < 4.78 is 3.95. The van der Waals surface area contributed by atoms with E-state index in [9.17, 15) is 4.79 Å². The first-order valence-electron chi connectivity index (χ1n) is 7.92. The first-order chi connectivity index (χ1) is 10.6. The molecule has 1 amide bonds. The Morgan fingerprint density at radius 1 is 1.45 bits per heavy atom. The number of aromatic nitrogens is 4. The maximum atomic E-state index is 12.5. The average molecular weight is 301 g/mol. The van der Waals surface area contributed by atoms with Crippen LogP contribution in [0, 0.1) is 0 Å². The summed E-state index contributed by atoms with van der Waals surface area (Å²) in [5.41, 5.74) is 2.82. The molecule has 6 heteroatoms. The molecule has 2 aromatic rings. The topological polar surface area (TPSA) is 64.7 Å². The lowest BCUT2D eigenvalue weighted by Crippen LogP contribution is -2.25. The van der Waals surface area contributed by atoms with Crippen LogP contribution in [0.15, 0.2) is 18.7 Å². The van der Waals surface area contributed by atoms with Crippen LogP contribution in [0.1, 0.15) is 66.8 Å². The molecule has 118 valence electrons. The monoisotopic (exact) mass is 301 g/mol. The van der Waals surface area contributed by atoms with Gasteiger partial charge in [0.2, 0.25) is 0 Å². The predicted molar refractivity (Wildman–Crippen MR) is 83.6 cm³/mol. The van der Waals surface area contributed by atoms with Crippen LogP contribution in [0.5, 0.6) is 0 Å². The van der Waals surface area contributed by atoms with Gasteiger partial charge < -0.3 is 9.88 Å². The molecule has 1 fully saturated rings. The average Bonchev–Trinajstić information content (AvgIpc) is 3.13. The summed E-state index contributed by atoms with van der Waals surface area (Å²) in [5, 5.41) is 7.45. The van der Waals surface area contributed by atoms with Crippen molar-refractivity contribution in [3.05, 3.63) is 35.7 Å². The van der Waals surface area contributed by atoms with Crippen molar-refractivity contribution in [2.75, 3.05) is 0 Å². The van der Waals surface area contributed by atoms with Gasteiger partial charge in [0.25, 0.3) is 5.91 Å². The third-order valence-corrected chi connectivity index (χ3v) is 4.40. The maximum absolute atomic E-state index is 12.5. The molecular formula is C16H23N5O. The van der Waals surface area contributed by atoms with Gasteiger partial charge in [0.15, 0.2) is 0 Å². The molecule has 0 radical (unpaired) electrons. The third kappa shape index (κ3) is 2.77. The second-order valence-electron chi connectivity index (χ2n) is 6.10. The van der Waals surface area contributed by atoms with Crippen molar-refractivity contribution >= 4 is 5.91 Å². The first-order valence-corrected chi connectivity index (χ1v) is 7.92. The summed E-state index contributed by atoms with van der Waals surface area (Å²) in [7, 11) is 1.92. The van der Waals surface area contributed by atoms with Crippen LogP contribution in [0.25, 0.3) is 0 Å². The van der Waals surface area contributed by atoms with Crippen molar-refractivity contribution in [3.63, 3.8) is 0 Å². The summed E-state index contributed by atoms with van der Waals surface area (Å²) in [6.45, 7) is 4.77. The second kappa shape index (κ2) is 5.94. The zero-order chi connectivity index (χ0) is 15.7. The van der Waals surface area contributed by atoms with E-state index in [1.54, 1.807) is 18.7 Å². The summed E-state index contributed by atoms with van der Waals surface area (Å²) in [5.74, 6) is 0.451. The SMILES string of the molecule is CCC(C)n1ncc(C(=O)NCc2cncn2C)c1C1CC1. The normalized spacial score (nSPS) is 15.8. The Balaban J connectivity index is 1.77. The highest BCUT2D eigenvalue weighted by Gasteiger charge is 2.33. The number of rotatable bonds is 6. The minimum absolute atomic E-state index is 0.0438. The largest absolute Gasteiger partial charge is 0.346 e. The van der Waals surface area contributed by atoms with E-state index in [2.05, 4.69) is 29.2 Å². The molecule has 6 nitrogen and oxygen atoms in total. The van der Waals surface area contributed by atoms with Gasteiger partial charge in [-0.2, -0.15) is 5.10 Å². The van der Waals surface area contributed by atoms with E-state index in [1.165, 1.54) is 0 Å². The lowest BCUT2D eigenvalue weighted by molar-refractivity contribution is 0.0949. The van der Waals surface area contributed by atoms with Crippen molar-refractivity contribution in [2.24, 2.45) is 7.05 Å². The van der Waals surface area contributed by atoms with Gasteiger partial charge in [-0.25, -0.2) is 4.98 Å². The number of amides is 1. The molecule has 0 bridgehead atoms. The first kappa shape index (κ1) is 14.8. The molecule has 1 aliphatic carbocycles. The van der Waals surface area contributed by atoms with Crippen molar-refractivity contribution < 1.29 is 4.79 Å². The van der Waals surface area contributed by atoms with Crippen LogP contribution in [-0.2, 0) is 13.6 Å². The fourth-order valence-corrected chi connectivity index (χ4v) is 2.66. The Morgan fingerprint density at radius 3 is 2.82 bits per heavy atom. The predicted octanol–water partition coefficient (Wildman–Crippen LogP) is 2.40. The van der Waals surface area contributed by atoms with Crippen LogP contribution in [0.3, 0.4) is 0 Å². The summed E-state index contributed by atoms with van der Waals surface area (Å²) >= 11 is 0. The van der Waals surface area contributed by atoms with Gasteiger partial charge in [0.05, 0.1) is 36.0 Å². The molecule has 2 aromatic heterocycles. The van der Waals surface area contributed by atoms with E-state index >= 15 is 0 Å². The van der Waals surface area contributed by atoms with Crippen molar-refractivity contribution in [1.82, 2.24) is 24.6 Å². The smallest absolute Gasteiger partial charge is 0.255 e. The minimum atomic E-state index is -0.0438. The minimum Gasteiger partial charge on any atom is -0.346 e. The number of hydrogen-bond acceptors (Lipinski definition) is 3. The van der Waals surface area contributed by atoms with E-state index in [0.717, 1.165) is 36.2 Å². The Hall–Kier alpha value is -2.11. The van der Waals surface area contributed by atoms with Crippen LogP contribution in [-0.4, -0.2) is 25.2 Å². The lowest BCUT2D eigenvalue weighted by atomic mass is 10.1. The summed E-state index contributed by atoms with van der Waals surface area (Å²) in [4.78, 5) is 16.6. The zero-order valence-corrected chi connectivity index (χ0v) is 13.4. The highest BCUT2D eigenvalue weighted by atomic mass is 16.1. The Morgan fingerprint density at radius 2 is 2.23 bits per heavy atom. The number of carbonyl (C=O) groups excluding carboxylic acids is 1. The van der Waals surface area contributed by atoms with Crippen molar-refractivity contribution in [3.8, 4) is 0 Å². The van der Waals surface area contributed by atoms with E-state index in [4.69, 9.17) is 0 Å². The molecule has 1 aliphatic rings. The van der Waals surface area contributed by atoms with Gasteiger partial charge in [-0.1, -0.05) is 6.92 Å². The van der Waals surface area contributed by atoms with Crippen molar-refractivity contribution in [1.29, 1.82) is 0 Å². The fourth-order valence-electron chi connectivity index (χ4n) is 2.66. The van der Waals surface area contributed by atoms with E-state index < -0.39 is 0 Å². The lowest BCUT2D eigenvalue weighted by Gasteiger charge is -2.14. The second-order valence-corrected chi connectivity index (χ2v) is 6.10. The number of carbonyl (C=O) groups is 1. The Labute approximate surface area is 130 Å². The standard InChI is InChI=1S/C16H23N5O/c1-4-11(2)21-15(12-5-6-12)14(9-19-21)16(22)18-8-13-7-17-10-20(13)3/h7,9-12H,4-6,8H2,1-3H3,(H,18,22). The number of imidazole rings is 1. The highest BCUT2D eigenvalue weighted by Crippen LogP contribution is 2.42. The molecule has 0 aliphatic heterocycles. The van der Waals surface area contributed by atoms with E-state index in [1.807, 2.05) is 16.3 Å².